The summed E-state index contributed by atoms with van der Waals surface area (Å²) in [6.07, 6.45) is 6.83. The highest BCUT2D eigenvalue weighted by Gasteiger charge is 2.39. The summed E-state index contributed by atoms with van der Waals surface area (Å²) in [5, 5.41) is 0. The summed E-state index contributed by atoms with van der Waals surface area (Å²) in [5.74, 6) is 0.188. The molecule has 0 radical (unpaired) electrons. The number of hydrogen-bond donors (Lipinski definition) is 0. The summed E-state index contributed by atoms with van der Waals surface area (Å²) >= 11 is 0. The van der Waals surface area contributed by atoms with E-state index in [2.05, 4.69) is 32.1 Å². The Labute approximate surface area is 122 Å². The van der Waals surface area contributed by atoms with Gasteiger partial charge in [0, 0.05) is 12.1 Å². The molecule has 2 rings (SSSR count). The van der Waals surface area contributed by atoms with Crippen LogP contribution in [-0.4, -0.2) is 16.3 Å². The van der Waals surface area contributed by atoms with Gasteiger partial charge in [0.25, 0.3) is 0 Å². The molecule has 2 nitrogen and oxygen atoms in total. The first kappa shape index (κ1) is 14.8. The van der Waals surface area contributed by atoms with Gasteiger partial charge in [-0.15, -0.1) is 0 Å². The Morgan fingerprint density at radius 3 is 2.50 bits per heavy atom. The van der Waals surface area contributed by atoms with Crippen LogP contribution in [0.15, 0.2) is 42.0 Å². The molecule has 108 valence electrons. The molecule has 0 saturated heterocycles. The van der Waals surface area contributed by atoms with Gasteiger partial charge < -0.3 is 4.90 Å². The standard InChI is InChI=1S/C18H25NO/c1-4-5-9-12-18(3)13-15(2)17(20)19(18)14-16-10-7-6-8-11-16/h6-8,10-11,13H,4-5,9,12,14H2,1-3H3. The molecule has 1 aliphatic rings. The predicted molar refractivity (Wildman–Crippen MR) is 83.3 cm³/mol. The van der Waals surface area contributed by atoms with E-state index in [0.717, 1.165) is 12.0 Å². The molecule has 0 bridgehead atoms. The zero-order chi connectivity index (χ0) is 14.6. The van der Waals surface area contributed by atoms with Crippen LogP contribution in [0.3, 0.4) is 0 Å². The van der Waals surface area contributed by atoms with Crippen molar-refractivity contribution in [3.05, 3.63) is 47.5 Å². The third kappa shape index (κ3) is 3.12. The molecule has 0 aliphatic carbocycles. The van der Waals surface area contributed by atoms with Crippen LogP contribution < -0.4 is 0 Å². The van der Waals surface area contributed by atoms with Gasteiger partial charge in [-0.3, -0.25) is 4.79 Å². The van der Waals surface area contributed by atoms with Crippen molar-refractivity contribution >= 4 is 5.91 Å². The van der Waals surface area contributed by atoms with Gasteiger partial charge in [-0.25, -0.2) is 0 Å². The van der Waals surface area contributed by atoms with Crippen molar-refractivity contribution in [3.63, 3.8) is 0 Å². The topological polar surface area (TPSA) is 20.3 Å². The van der Waals surface area contributed by atoms with E-state index in [-0.39, 0.29) is 11.4 Å². The van der Waals surface area contributed by atoms with Crippen LogP contribution in [0.5, 0.6) is 0 Å². The Bertz CT molecular complexity index is 491. The Balaban J connectivity index is 2.14. The Kier molecular flexibility index (Phi) is 4.64. The van der Waals surface area contributed by atoms with Crippen molar-refractivity contribution < 1.29 is 4.79 Å². The highest BCUT2D eigenvalue weighted by atomic mass is 16.2. The SMILES string of the molecule is CCCCCC1(C)C=C(C)C(=O)N1Cc1ccccc1. The minimum atomic E-state index is -0.119. The van der Waals surface area contributed by atoms with Crippen LogP contribution in [0.4, 0.5) is 0 Å². The highest BCUT2D eigenvalue weighted by Crippen LogP contribution is 2.34. The zero-order valence-electron chi connectivity index (χ0n) is 12.9. The molecule has 0 aromatic heterocycles. The van der Waals surface area contributed by atoms with E-state index in [1.165, 1.54) is 24.8 Å². The van der Waals surface area contributed by atoms with Crippen molar-refractivity contribution in [2.45, 2.75) is 58.5 Å². The summed E-state index contributed by atoms with van der Waals surface area (Å²) in [7, 11) is 0. The van der Waals surface area contributed by atoms with E-state index in [1.54, 1.807) is 0 Å². The van der Waals surface area contributed by atoms with Crippen LogP contribution in [0.1, 0.15) is 52.0 Å². The normalized spacial score (nSPS) is 22.2. The summed E-state index contributed by atoms with van der Waals surface area (Å²) in [5.41, 5.74) is 1.97. The van der Waals surface area contributed by atoms with Crippen molar-refractivity contribution in [2.75, 3.05) is 0 Å². The first-order chi connectivity index (χ1) is 9.57. The molecule has 20 heavy (non-hydrogen) atoms. The van der Waals surface area contributed by atoms with Crippen LogP contribution >= 0.6 is 0 Å². The van der Waals surface area contributed by atoms with Gasteiger partial charge in [-0.2, -0.15) is 0 Å². The van der Waals surface area contributed by atoms with Crippen molar-refractivity contribution in [2.24, 2.45) is 0 Å². The fraction of sp³-hybridized carbons (Fsp3) is 0.500. The van der Waals surface area contributed by atoms with Gasteiger partial charge in [0.2, 0.25) is 5.91 Å². The molecule has 0 N–H and O–H groups in total. The fourth-order valence-electron chi connectivity index (χ4n) is 3.01. The molecule has 1 atom stereocenters. The maximum atomic E-state index is 12.4. The number of nitrogens with zero attached hydrogens (tertiary/aromatic N) is 1. The van der Waals surface area contributed by atoms with E-state index >= 15 is 0 Å². The Morgan fingerprint density at radius 1 is 1.15 bits per heavy atom. The smallest absolute Gasteiger partial charge is 0.250 e. The van der Waals surface area contributed by atoms with Crippen LogP contribution in [0.25, 0.3) is 0 Å². The van der Waals surface area contributed by atoms with E-state index in [0.29, 0.717) is 6.54 Å². The van der Waals surface area contributed by atoms with Crippen LogP contribution in [0.2, 0.25) is 0 Å². The molecular weight excluding hydrogens is 246 g/mol. The molecular formula is C18H25NO. The number of unbranched alkanes of at least 4 members (excludes halogenated alkanes) is 2. The first-order valence-electron chi connectivity index (χ1n) is 7.62. The minimum absolute atomic E-state index is 0.119. The van der Waals surface area contributed by atoms with Crippen molar-refractivity contribution in [3.8, 4) is 0 Å². The molecule has 1 amide bonds. The lowest BCUT2D eigenvalue weighted by Gasteiger charge is -2.35. The van der Waals surface area contributed by atoms with Gasteiger partial charge in [-0.1, -0.05) is 62.6 Å². The molecule has 1 aliphatic heterocycles. The molecule has 0 spiro atoms. The van der Waals surface area contributed by atoms with E-state index in [9.17, 15) is 4.79 Å². The maximum absolute atomic E-state index is 12.4. The van der Waals surface area contributed by atoms with Gasteiger partial charge in [-0.05, 0) is 25.8 Å². The number of carbonyl (C=O) groups is 1. The lowest BCUT2D eigenvalue weighted by molar-refractivity contribution is -0.130. The highest BCUT2D eigenvalue weighted by molar-refractivity contribution is 5.96. The van der Waals surface area contributed by atoms with Gasteiger partial charge in [0.15, 0.2) is 0 Å². The molecule has 2 heteroatoms. The average molecular weight is 271 g/mol. The third-order valence-corrected chi connectivity index (χ3v) is 4.20. The molecule has 1 unspecified atom stereocenters. The third-order valence-electron chi connectivity index (χ3n) is 4.20. The number of amides is 1. The monoisotopic (exact) mass is 271 g/mol. The lowest BCUT2D eigenvalue weighted by Crippen LogP contribution is -2.43. The number of rotatable bonds is 6. The quantitative estimate of drug-likeness (QED) is 0.706. The maximum Gasteiger partial charge on any atom is 0.250 e. The molecule has 1 aromatic carbocycles. The van der Waals surface area contributed by atoms with E-state index in [4.69, 9.17) is 0 Å². The first-order valence-corrected chi connectivity index (χ1v) is 7.62. The fourth-order valence-corrected chi connectivity index (χ4v) is 3.01. The van der Waals surface area contributed by atoms with E-state index < -0.39 is 0 Å². The summed E-state index contributed by atoms with van der Waals surface area (Å²) in [6, 6.07) is 10.3. The predicted octanol–water partition coefficient (Wildman–Crippen LogP) is 4.31. The molecule has 1 heterocycles. The summed E-state index contributed by atoms with van der Waals surface area (Å²) in [6.45, 7) is 7.05. The lowest BCUT2D eigenvalue weighted by atomic mass is 9.93. The average Bonchev–Trinajstić information content (AvgIpc) is 2.64. The van der Waals surface area contributed by atoms with Crippen molar-refractivity contribution in [1.82, 2.24) is 4.90 Å². The van der Waals surface area contributed by atoms with Crippen LogP contribution in [0, 0.1) is 0 Å². The Morgan fingerprint density at radius 2 is 1.85 bits per heavy atom. The number of hydrogen-bond acceptors (Lipinski definition) is 1. The summed E-state index contributed by atoms with van der Waals surface area (Å²) < 4.78 is 0. The minimum Gasteiger partial charge on any atom is -0.326 e. The number of benzene rings is 1. The second kappa shape index (κ2) is 6.25. The Hall–Kier alpha value is -1.57. The van der Waals surface area contributed by atoms with Crippen LogP contribution in [-0.2, 0) is 11.3 Å². The number of carbonyl (C=O) groups excluding carboxylic acids is 1. The molecule has 0 fully saturated rings. The summed E-state index contributed by atoms with van der Waals surface area (Å²) in [4.78, 5) is 14.5. The molecule has 1 aromatic rings. The largest absolute Gasteiger partial charge is 0.326 e. The van der Waals surface area contributed by atoms with E-state index in [1.807, 2.05) is 30.0 Å². The van der Waals surface area contributed by atoms with Gasteiger partial charge in [0.05, 0.1) is 5.54 Å². The van der Waals surface area contributed by atoms with Crippen molar-refractivity contribution in [1.29, 1.82) is 0 Å². The second-order valence-electron chi connectivity index (χ2n) is 6.02. The van der Waals surface area contributed by atoms with Gasteiger partial charge in [0.1, 0.15) is 0 Å². The zero-order valence-corrected chi connectivity index (χ0v) is 12.9. The second-order valence-corrected chi connectivity index (χ2v) is 6.02. The van der Waals surface area contributed by atoms with Gasteiger partial charge >= 0.3 is 0 Å². The molecule has 0 saturated carbocycles.